The van der Waals surface area contributed by atoms with Gasteiger partial charge in [-0.2, -0.15) is 0 Å². The van der Waals surface area contributed by atoms with E-state index in [1.165, 1.54) is 4.90 Å². The molecule has 2 heterocycles. The molecule has 1 aliphatic heterocycles. The fourth-order valence-corrected chi connectivity index (χ4v) is 2.92. The van der Waals surface area contributed by atoms with Crippen LogP contribution in [0.3, 0.4) is 0 Å². The summed E-state index contributed by atoms with van der Waals surface area (Å²) >= 11 is 0. The van der Waals surface area contributed by atoms with Crippen LogP contribution in [-0.4, -0.2) is 39.5 Å². The molecule has 1 saturated heterocycles. The Morgan fingerprint density at radius 2 is 2.15 bits per heavy atom. The van der Waals surface area contributed by atoms with Crippen molar-refractivity contribution in [1.29, 1.82) is 0 Å². The number of pyridine rings is 1. The molecule has 0 saturated carbocycles. The number of carboxylic acid groups (broad SMARTS) is 1. The number of carboxylic acids is 1. The Bertz CT molecular complexity index is 540. The summed E-state index contributed by atoms with van der Waals surface area (Å²) in [7, 11) is 0. The van der Waals surface area contributed by atoms with Crippen LogP contribution in [0.5, 0.6) is 0 Å². The molecule has 2 rings (SSSR count). The normalized spacial score (nSPS) is 21.6. The summed E-state index contributed by atoms with van der Waals surface area (Å²) in [5, 5.41) is 9.50. The molecule has 1 amide bonds. The summed E-state index contributed by atoms with van der Waals surface area (Å²) < 4.78 is 0. The number of rotatable bonds is 2. The molecule has 1 aliphatic rings. The zero-order chi connectivity index (χ0) is 14.9. The van der Waals surface area contributed by atoms with E-state index in [2.05, 4.69) is 4.98 Å². The zero-order valence-corrected chi connectivity index (χ0v) is 12.1. The van der Waals surface area contributed by atoms with Gasteiger partial charge in [-0.3, -0.25) is 9.78 Å². The molecule has 0 bridgehead atoms. The van der Waals surface area contributed by atoms with Crippen LogP contribution < -0.4 is 0 Å². The van der Waals surface area contributed by atoms with Crippen molar-refractivity contribution in [2.75, 3.05) is 6.54 Å². The molecule has 1 N–H and O–H groups in total. The Hall–Kier alpha value is -1.91. The van der Waals surface area contributed by atoms with Crippen LogP contribution in [0.25, 0.3) is 0 Å². The number of carbonyl (C=O) groups excluding carboxylic acids is 1. The first-order chi connectivity index (χ1) is 9.34. The lowest BCUT2D eigenvalue weighted by molar-refractivity contribution is -0.148. The van der Waals surface area contributed by atoms with Crippen molar-refractivity contribution < 1.29 is 14.7 Å². The molecule has 0 spiro atoms. The van der Waals surface area contributed by atoms with Crippen molar-refractivity contribution in [2.24, 2.45) is 5.41 Å². The predicted molar refractivity (Wildman–Crippen MR) is 74.4 cm³/mol. The lowest BCUT2D eigenvalue weighted by atomic mass is 9.76. The maximum Gasteiger partial charge on any atom is 0.326 e. The number of hydrogen-bond acceptors (Lipinski definition) is 3. The summed E-state index contributed by atoms with van der Waals surface area (Å²) in [6, 6.07) is 2.77. The predicted octanol–water partition coefficient (Wildman–Crippen LogP) is 2.11. The van der Waals surface area contributed by atoms with E-state index in [1.807, 2.05) is 26.8 Å². The average molecular weight is 276 g/mol. The third kappa shape index (κ3) is 2.53. The number of hydrogen-bond donors (Lipinski definition) is 1. The van der Waals surface area contributed by atoms with Crippen molar-refractivity contribution in [3.8, 4) is 0 Å². The monoisotopic (exact) mass is 276 g/mol. The van der Waals surface area contributed by atoms with E-state index in [4.69, 9.17) is 0 Å². The van der Waals surface area contributed by atoms with Crippen molar-refractivity contribution in [3.63, 3.8) is 0 Å². The van der Waals surface area contributed by atoms with Gasteiger partial charge in [0.2, 0.25) is 0 Å². The minimum Gasteiger partial charge on any atom is -0.480 e. The van der Waals surface area contributed by atoms with Crippen molar-refractivity contribution in [1.82, 2.24) is 9.88 Å². The summed E-state index contributed by atoms with van der Waals surface area (Å²) in [5.74, 6) is -1.24. The van der Waals surface area contributed by atoms with E-state index < -0.39 is 17.4 Å². The lowest BCUT2D eigenvalue weighted by Gasteiger charge is -2.43. The van der Waals surface area contributed by atoms with Crippen molar-refractivity contribution in [2.45, 2.75) is 39.7 Å². The van der Waals surface area contributed by atoms with Crippen molar-refractivity contribution >= 4 is 11.9 Å². The lowest BCUT2D eigenvalue weighted by Crippen LogP contribution is -2.56. The van der Waals surface area contributed by atoms with E-state index >= 15 is 0 Å². The maximum atomic E-state index is 12.6. The highest BCUT2D eigenvalue weighted by Gasteiger charge is 2.45. The molecule has 0 aliphatic carbocycles. The molecule has 5 heteroatoms. The number of carbonyl (C=O) groups is 2. The van der Waals surface area contributed by atoms with Gasteiger partial charge in [0.15, 0.2) is 0 Å². The van der Waals surface area contributed by atoms with Crippen LogP contribution in [0.15, 0.2) is 18.3 Å². The fourth-order valence-electron chi connectivity index (χ4n) is 2.92. The van der Waals surface area contributed by atoms with Gasteiger partial charge in [0.1, 0.15) is 11.7 Å². The van der Waals surface area contributed by atoms with Crippen LogP contribution >= 0.6 is 0 Å². The Balaban J connectivity index is 2.37. The molecule has 20 heavy (non-hydrogen) atoms. The number of amides is 1. The van der Waals surface area contributed by atoms with Gasteiger partial charge in [0.25, 0.3) is 5.91 Å². The highest BCUT2D eigenvalue weighted by Crippen LogP contribution is 2.36. The number of aromatic nitrogens is 1. The van der Waals surface area contributed by atoms with Crippen LogP contribution in [0.4, 0.5) is 0 Å². The maximum absolute atomic E-state index is 12.6. The number of nitrogens with zero attached hydrogens (tertiary/aromatic N) is 2. The first-order valence-corrected chi connectivity index (χ1v) is 6.80. The van der Waals surface area contributed by atoms with Crippen LogP contribution in [0.2, 0.25) is 0 Å². The van der Waals surface area contributed by atoms with Crippen LogP contribution in [0, 0.1) is 12.3 Å². The summed E-state index contributed by atoms with van der Waals surface area (Å²) in [5.41, 5.74) is 0.684. The summed E-state index contributed by atoms with van der Waals surface area (Å²) in [6.45, 7) is 6.08. The quantitative estimate of drug-likeness (QED) is 0.898. The molecule has 0 radical (unpaired) electrons. The first kappa shape index (κ1) is 14.5. The van der Waals surface area contributed by atoms with Crippen molar-refractivity contribution in [3.05, 3.63) is 29.6 Å². The first-order valence-electron chi connectivity index (χ1n) is 6.80. The molecule has 5 nitrogen and oxygen atoms in total. The Morgan fingerprint density at radius 3 is 2.75 bits per heavy atom. The summed E-state index contributed by atoms with van der Waals surface area (Å²) in [6.07, 6.45) is 3.18. The summed E-state index contributed by atoms with van der Waals surface area (Å²) in [4.78, 5) is 29.8. The Kier molecular flexibility index (Phi) is 3.79. The van der Waals surface area contributed by atoms with Gasteiger partial charge in [-0.1, -0.05) is 19.9 Å². The van der Waals surface area contributed by atoms with E-state index in [0.29, 0.717) is 12.2 Å². The van der Waals surface area contributed by atoms with E-state index in [9.17, 15) is 14.7 Å². The number of aliphatic carboxylic acids is 1. The SMILES string of the molecule is Cc1cccnc1C(=O)N1CCCC(C)(C)C1C(=O)O. The van der Waals surface area contributed by atoms with Crippen LogP contribution in [0.1, 0.15) is 42.7 Å². The molecule has 1 fully saturated rings. The second kappa shape index (κ2) is 5.23. The highest BCUT2D eigenvalue weighted by molar-refractivity contribution is 5.96. The van der Waals surface area contributed by atoms with Crippen LogP contribution in [-0.2, 0) is 4.79 Å². The third-order valence-electron chi connectivity index (χ3n) is 3.98. The Morgan fingerprint density at radius 1 is 1.45 bits per heavy atom. The molecule has 1 unspecified atom stereocenters. The molecule has 0 aromatic carbocycles. The van der Waals surface area contributed by atoms with Gasteiger partial charge in [-0.25, -0.2) is 4.79 Å². The minimum absolute atomic E-state index is 0.289. The molecular formula is C15H20N2O3. The molecular weight excluding hydrogens is 256 g/mol. The molecule has 1 aromatic heterocycles. The van der Waals surface area contributed by atoms with E-state index in [1.54, 1.807) is 12.3 Å². The smallest absolute Gasteiger partial charge is 0.326 e. The van der Waals surface area contributed by atoms with Gasteiger partial charge in [-0.05, 0) is 36.8 Å². The van der Waals surface area contributed by atoms with Gasteiger partial charge in [0.05, 0.1) is 0 Å². The van der Waals surface area contributed by atoms with Gasteiger partial charge in [0, 0.05) is 12.7 Å². The standard InChI is InChI=1S/C15H20N2O3/c1-10-6-4-8-16-11(10)13(18)17-9-5-7-15(2,3)12(17)14(19)20/h4,6,8,12H,5,7,9H2,1-3H3,(H,19,20). The number of piperidine rings is 1. The third-order valence-corrected chi connectivity index (χ3v) is 3.98. The van der Waals surface area contributed by atoms with Gasteiger partial charge >= 0.3 is 5.97 Å². The second-order valence-electron chi connectivity index (χ2n) is 6.00. The fraction of sp³-hybridized carbons (Fsp3) is 0.533. The zero-order valence-electron chi connectivity index (χ0n) is 12.1. The Labute approximate surface area is 118 Å². The molecule has 108 valence electrons. The topological polar surface area (TPSA) is 70.5 Å². The minimum atomic E-state index is -0.948. The highest BCUT2D eigenvalue weighted by atomic mass is 16.4. The molecule has 1 aromatic rings. The van der Waals surface area contributed by atoms with Gasteiger partial charge < -0.3 is 10.0 Å². The largest absolute Gasteiger partial charge is 0.480 e. The number of aryl methyl sites for hydroxylation is 1. The average Bonchev–Trinajstić information content (AvgIpc) is 2.36. The van der Waals surface area contributed by atoms with E-state index in [0.717, 1.165) is 18.4 Å². The molecule has 1 atom stereocenters. The van der Waals surface area contributed by atoms with E-state index in [-0.39, 0.29) is 5.91 Å². The number of likely N-dealkylation sites (tertiary alicyclic amines) is 1. The van der Waals surface area contributed by atoms with Gasteiger partial charge in [-0.15, -0.1) is 0 Å². The second-order valence-corrected chi connectivity index (χ2v) is 6.00.